The molecule has 0 aliphatic carbocycles. The van der Waals surface area contributed by atoms with Gasteiger partial charge in [-0.05, 0) is 35.3 Å². The van der Waals surface area contributed by atoms with Gasteiger partial charge in [-0.3, -0.25) is 4.68 Å². The number of rotatable bonds is 10. The number of hydrogen-bond acceptors (Lipinski definition) is 2. The smallest absolute Gasteiger partial charge is 0.0692 e. The minimum atomic E-state index is 0.420. The number of nitrogens with one attached hydrogen (secondary N) is 1. The summed E-state index contributed by atoms with van der Waals surface area (Å²) in [5, 5.41) is 7.99. The van der Waals surface area contributed by atoms with Crippen LogP contribution in [0, 0.1) is 0 Å². The molecule has 1 aromatic rings. The molecule has 0 aliphatic heterocycles. The van der Waals surface area contributed by atoms with Gasteiger partial charge in [0.1, 0.15) is 0 Å². The van der Waals surface area contributed by atoms with Crippen molar-refractivity contribution >= 4 is 15.9 Å². The van der Waals surface area contributed by atoms with E-state index in [-0.39, 0.29) is 0 Å². The summed E-state index contributed by atoms with van der Waals surface area (Å²) >= 11 is 3.62. The second-order valence-corrected chi connectivity index (χ2v) is 6.07. The van der Waals surface area contributed by atoms with Gasteiger partial charge in [0, 0.05) is 7.05 Å². The van der Waals surface area contributed by atoms with Gasteiger partial charge in [0.2, 0.25) is 0 Å². The third-order valence-electron chi connectivity index (χ3n) is 3.50. The molecule has 3 nitrogen and oxygen atoms in total. The number of halogens is 1. The molecule has 4 heteroatoms. The van der Waals surface area contributed by atoms with Crippen molar-refractivity contribution in [2.75, 3.05) is 6.54 Å². The highest BCUT2D eigenvalue weighted by molar-refractivity contribution is 9.10. The van der Waals surface area contributed by atoms with Crippen molar-refractivity contribution in [1.29, 1.82) is 0 Å². The molecule has 1 aromatic heterocycles. The first kappa shape index (κ1) is 16.7. The van der Waals surface area contributed by atoms with Crippen molar-refractivity contribution in [3.05, 3.63) is 16.4 Å². The molecule has 110 valence electrons. The lowest BCUT2D eigenvalue weighted by Gasteiger charge is -2.19. The van der Waals surface area contributed by atoms with E-state index >= 15 is 0 Å². The minimum Gasteiger partial charge on any atom is -0.309 e. The van der Waals surface area contributed by atoms with Crippen LogP contribution in [0.1, 0.15) is 70.5 Å². The number of aromatic nitrogens is 2. The van der Waals surface area contributed by atoms with Gasteiger partial charge in [0.15, 0.2) is 0 Å². The van der Waals surface area contributed by atoms with E-state index in [1.165, 1.54) is 50.6 Å². The Morgan fingerprint density at radius 2 is 1.95 bits per heavy atom. The highest BCUT2D eigenvalue weighted by Gasteiger charge is 2.17. The van der Waals surface area contributed by atoms with E-state index in [1.54, 1.807) is 0 Å². The van der Waals surface area contributed by atoms with E-state index in [0.717, 1.165) is 11.0 Å². The van der Waals surface area contributed by atoms with Crippen molar-refractivity contribution in [2.45, 2.75) is 64.8 Å². The van der Waals surface area contributed by atoms with Crippen LogP contribution in [-0.4, -0.2) is 16.3 Å². The number of aryl methyl sites for hydroxylation is 1. The van der Waals surface area contributed by atoms with E-state index < -0.39 is 0 Å². The number of unbranched alkanes of at least 4 members (excludes halogenated alkanes) is 4. The Kier molecular flexibility index (Phi) is 8.38. The zero-order valence-electron chi connectivity index (χ0n) is 12.6. The van der Waals surface area contributed by atoms with E-state index in [0.29, 0.717) is 6.04 Å². The van der Waals surface area contributed by atoms with Crippen molar-refractivity contribution in [3.8, 4) is 0 Å². The Bertz CT molecular complexity index is 330. The first-order valence-corrected chi connectivity index (χ1v) is 8.40. The molecule has 1 N–H and O–H groups in total. The Balaban J connectivity index is 2.52. The third-order valence-corrected chi connectivity index (χ3v) is 4.12. The second kappa shape index (κ2) is 9.54. The van der Waals surface area contributed by atoms with Gasteiger partial charge in [-0.2, -0.15) is 5.10 Å². The van der Waals surface area contributed by atoms with Crippen molar-refractivity contribution in [1.82, 2.24) is 15.1 Å². The van der Waals surface area contributed by atoms with E-state index in [4.69, 9.17) is 0 Å². The van der Waals surface area contributed by atoms with Crippen LogP contribution in [0.25, 0.3) is 0 Å². The highest BCUT2D eigenvalue weighted by atomic mass is 79.9. The van der Waals surface area contributed by atoms with Crippen LogP contribution in [0.15, 0.2) is 10.7 Å². The summed E-state index contributed by atoms with van der Waals surface area (Å²) in [6.07, 6.45) is 10.9. The van der Waals surface area contributed by atoms with E-state index in [2.05, 4.69) is 40.2 Å². The quantitative estimate of drug-likeness (QED) is 0.636. The average molecular weight is 330 g/mol. The van der Waals surface area contributed by atoms with Crippen molar-refractivity contribution in [2.24, 2.45) is 7.05 Å². The fraction of sp³-hybridized carbons (Fsp3) is 0.800. The largest absolute Gasteiger partial charge is 0.309 e. The fourth-order valence-corrected chi connectivity index (χ4v) is 3.04. The SMILES string of the molecule is CCCCCCCC(NCCC)c1c(Br)cnn1C. The van der Waals surface area contributed by atoms with Gasteiger partial charge in [0.25, 0.3) is 0 Å². The summed E-state index contributed by atoms with van der Waals surface area (Å²) in [6, 6.07) is 0.420. The first-order valence-electron chi connectivity index (χ1n) is 7.61. The topological polar surface area (TPSA) is 29.9 Å². The molecule has 0 radical (unpaired) electrons. The van der Waals surface area contributed by atoms with Crippen LogP contribution in [0.4, 0.5) is 0 Å². The zero-order valence-corrected chi connectivity index (χ0v) is 14.2. The maximum absolute atomic E-state index is 4.33. The van der Waals surface area contributed by atoms with Gasteiger partial charge in [0.05, 0.1) is 22.4 Å². The lowest BCUT2D eigenvalue weighted by molar-refractivity contribution is 0.443. The Hall–Kier alpha value is -0.350. The molecular formula is C15H28BrN3. The molecule has 0 fully saturated rings. The fourth-order valence-electron chi connectivity index (χ4n) is 2.42. The van der Waals surface area contributed by atoms with E-state index in [9.17, 15) is 0 Å². The van der Waals surface area contributed by atoms with Crippen LogP contribution < -0.4 is 5.32 Å². The summed E-state index contributed by atoms with van der Waals surface area (Å²) < 4.78 is 3.11. The van der Waals surface area contributed by atoms with Crippen molar-refractivity contribution < 1.29 is 0 Å². The molecule has 0 aliphatic rings. The molecule has 0 saturated carbocycles. The minimum absolute atomic E-state index is 0.420. The maximum Gasteiger partial charge on any atom is 0.0692 e. The van der Waals surface area contributed by atoms with Gasteiger partial charge in [-0.25, -0.2) is 0 Å². The molecule has 0 amide bonds. The predicted molar refractivity (Wildman–Crippen MR) is 85.3 cm³/mol. The van der Waals surface area contributed by atoms with Gasteiger partial charge in [-0.1, -0.05) is 46.0 Å². The highest BCUT2D eigenvalue weighted by Crippen LogP contribution is 2.26. The van der Waals surface area contributed by atoms with Gasteiger partial charge < -0.3 is 5.32 Å². The second-order valence-electron chi connectivity index (χ2n) is 5.21. The van der Waals surface area contributed by atoms with Crippen LogP contribution in [-0.2, 0) is 7.05 Å². The van der Waals surface area contributed by atoms with Crippen LogP contribution in [0.5, 0.6) is 0 Å². The number of nitrogens with zero attached hydrogens (tertiary/aromatic N) is 2. The molecule has 0 bridgehead atoms. The van der Waals surface area contributed by atoms with Crippen LogP contribution in [0.3, 0.4) is 0 Å². The maximum atomic E-state index is 4.33. The Labute approximate surface area is 126 Å². The predicted octanol–water partition coefficient (Wildman–Crippen LogP) is 4.58. The lowest BCUT2D eigenvalue weighted by atomic mass is 10.0. The first-order chi connectivity index (χ1) is 9.20. The molecule has 0 saturated heterocycles. The van der Waals surface area contributed by atoms with E-state index in [1.807, 2.05) is 17.9 Å². The lowest BCUT2D eigenvalue weighted by Crippen LogP contribution is -2.24. The van der Waals surface area contributed by atoms with Gasteiger partial charge >= 0.3 is 0 Å². The summed E-state index contributed by atoms with van der Waals surface area (Å²) in [4.78, 5) is 0. The summed E-state index contributed by atoms with van der Waals surface area (Å²) in [5.74, 6) is 0. The molecule has 1 rings (SSSR count). The molecule has 1 unspecified atom stereocenters. The monoisotopic (exact) mass is 329 g/mol. The Morgan fingerprint density at radius 1 is 1.21 bits per heavy atom. The molecule has 1 atom stereocenters. The number of hydrogen-bond donors (Lipinski definition) is 1. The Morgan fingerprint density at radius 3 is 2.53 bits per heavy atom. The third kappa shape index (κ3) is 5.65. The molecule has 19 heavy (non-hydrogen) atoms. The standard InChI is InChI=1S/C15H28BrN3/c1-4-6-7-8-9-10-14(17-11-5-2)15-13(16)12-18-19(15)3/h12,14,17H,4-11H2,1-3H3. The average Bonchev–Trinajstić information content (AvgIpc) is 2.73. The normalized spacial score (nSPS) is 12.8. The zero-order chi connectivity index (χ0) is 14.1. The summed E-state index contributed by atoms with van der Waals surface area (Å²) in [5.41, 5.74) is 1.28. The molecule has 1 heterocycles. The summed E-state index contributed by atoms with van der Waals surface area (Å²) in [6.45, 7) is 5.54. The molecule has 0 aromatic carbocycles. The van der Waals surface area contributed by atoms with Gasteiger partial charge in [-0.15, -0.1) is 0 Å². The van der Waals surface area contributed by atoms with Crippen LogP contribution >= 0.6 is 15.9 Å². The summed E-state index contributed by atoms with van der Waals surface area (Å²) in [7, 11) is 2.03. The van der Waals surface area contributed by atoms with Crippen LogP contribution in [0.2, 0.25) is 0 Å². The molecule has 0 spiro atoms. The molecular weight excluding hydrogens is 302 g/mol. The van der Waals surface area contributed by atoms with Crippen molar-refractivity contribution in [3.63, 3.8) is 0 Å².